The van der Waals surface area contributed by atoms with Crippen LogP contribution in [0, 0.1) is 30.6 Å². The van der Waals surface area contributed by atoms with E-state index >= 15 is 0 Å². The predicted molar refractivity (Wildman–Crippen MR) is 86.0 cm³/mol. The number of rotatable bonds is 2. The minimum atomic E-state index is -0.319. The number of fused-ring (bicyclic) bond motifs is 1. The quantitative estimate of drug-likeness (QED) is 0.629. The molecule has 1 saturated heterocycles. The maximum absolute atomic E-state index is 12.7. The van der Waals surface area contributed by atoms with Gasteiger partial charge >= 0.3 is 5.97 Å². The third-order valence-corrected chi connectivity index (χ3v) is 6.87. The molecular weight excluding hydrogens is 370 g/mol. The zero-order chi connectivity index (χ0) is 15.6. The monoisotopic (exact) mass is 383 g/mol. The summed E-state index contributed by atoms with van der Waals surface area (Å²) >= 11 is 9.71. The van der Waals surface area contributed by atoms with Crippen LogP contribution >= 0.6 is 27.5 Å². The first-order valence-electron chi connectivity index (χ1n) is 7.39. The Morgan fingerprint density at radius 3 is 2.91 bits per heavy atom. The van der Waals surface area contributed by atoms with Crippen LogP contribution in [0.15, 0.2) is 18.2 Å². The van der Waals surface area contributed by atoms with E-state index in [4.69, 9.17) is 16.3 Å². The minimum Gasteiger partial charge on any atom is -0.461 e. The number of carbonyl (C=O) groups excluding carboxylic acids is 2. The molecule has 6 heteroatoms. The van der Waals surface area contributed by atoms with Crippen LogP contribution in [0.2, 0.25) is 5.02 Å². The summed E-state index contributed by atoms with van der Waals surface area (Å²) in [5.74, 6) is -0.599. The van der Waals surface area contributed by atoms with E-state index in [-0.39, 0.29) is 46.5 Å². The largest absolute Gasteiger partial charge is 0.461 e. The van der Waals surface area contributed by atoms with Crippen molar-refractivity contribution in [2.75, 3.05) is 5.32 Å². The number of ether oxygens (including phenoxy) is 1. The molecule has 4 nitrogen and oxygen atoms in total. The van der Waals surface area contributed by atoms with E-state index in [0.29, 0.717) is 10.7 Å². The minimum absolute atomic E-state index is 0.0552. The summed E-state index contributed by atoms with van der Waals surface area (Å²) in [5.41, 5.74) is 1.62. The normalized spacial score (nSPS) is 38.2. The number of esters is 1. The Morgan fingerprint density at radius 2 is 2.18 bits per heavy atom. The number of hydrogen-bond acceptors (Lipinski definition) is 3. The molecule has 0 spiro atoms. The highest BCUT2D eigenvalue weighted by Gasteiger charge is 2.67. The lowest BCUT2D eigenvalue weighted by atomic mass is 9.79. The molecule has 1 aromatic rings. The molecule has 116 valence electrons. The molecule has 3 fully saturated rings. The number of nitrogens with one attached hydrogen (secondary N) is 1. The maximum Gasteiger partial charge on any atom is 0.310 e. The van der Waals surface area contributed by atoms with Crippen LogP contribution in [0.5, 0.6) is 0 Å². The number of halogens is 2. The van der Waals surface area contributed by atoms with Gasteiger partial charge in [0.1, 0.15) is 6.10 Å². The molecule has 3 aliphatic rings. The Morgan fingerprint density at radius 1 is 1.41 bits per heavy atom. The zero-order valence-electron chi connectivity index (χ0n) is 11.9. The number of benzene rings is 1. The van der Waals surface area contributed by atoms with E-state index in [1.165, 1.54) is 0 Å². The average molecular weight is 385 g/mol. The smallest absolute Gasteiger partial charge is 0.310 e. The Hall–Kier alpha value is -1.07. The lowest BCUT2D eigenvalue weighted by Gasteiger charge is -2.27. The van der Waals surface area contributed by atoms with Gasteiger partial charge in [0, 0.05) is 16.6 Å². The van der Waals surface area contributed by atoms with E-state index in [1.807, 2.05) is 19.1 Å². The lowest BCUT2D eigenvalue weighted by molar-refractivity contribution is -0.145. The summed E-state index contributed by atoms with van der Waals surface area (Å²) in [7, 11) is 0. The molecule has 1 heterocycles. The predicted octanol–water partition coefficient (Wildman–Crippen LogP) is 3.16. The summed E-state index contributed by atoms with van der Waals surface area (Å²) in [5, 5.41) is 3.52. The number of amides is 1. The molecule has 0 radical (unpaired) electrons. The first-order chi connectivity index (χ1) is 10.5. The van der Waals surface area contributed by atoms with Crippen molar-refractivity contribution in [1.82, 2.24) is 0 Å². The van der Waals surface area contributed by atoms with Gasteiger partial charge in [-0.15, -0.1) is 0 Å². The fourth-order valence-electron chi connectivity index (χ4n) is 4.23. The molecule has 1 aromatic carbocycles. The molecule has 4 rings (SSSR count). The highest BCUT2D eigenvalue weighted by Crippen LogP contribution is 2.60. The molecule has 6 unspecified atom stereocenters. The highest BCUT2D eigenvalue weighted by molar-refractivity contribution is 9.09. The summed E-state index contributed by atoms with van der Waals surface area (Å²) in [6, 6.07) is 5.43. The van der Waals surface area contributed by atoms with Gasteiger partial charge in [0.25, 0.3) is 0 Å². The molecule has 6 atom stereocenters. The molecule has 1 N–H and O–H groups in total. The second-order valence-corrected chi connectivity index (χ2v) is 7.88. The van der Waals surface area contributed by atoms with E-state index in [2.05, 4.69) is 21.2 Å². The first kappa shape index (κ1) is 14.5. The van der Waals surface area contributed by atoms with Gasteiger partial charge in [-0.05, 0) is 37.0 Å². The van der Waals surface area contributed by atoms with Gasteiger partial charge in [-0.2, -0.15) is 0 Å². The topological polar surface area (TPSA) is 55.4 Å². The fourth-order valence-corrected chi connectivity index (χ4v) is 5.45. The molecule has 2 saturated carbocycles. The Bertz CT molecular complexity index is 679. The maximum atomic E-state index is 12.7. The highest BCUT2D eigenvalue weighted by atomic mass is 79.9. The van der Waals surface area contributed by atoms with Gasteiger partial charge in [0.15, 0.2) is 0 Å². The summed E-state index contributed by atoms with van der Waals surface area (Å²) in [6.45, 7) is 1.91. The van der Waals surface area contributed by atoms with Crippen molar-refractivity contribution in [1.29, 1.82) is 0 Å². The van der Waals surface area contributed by atoms with Crippen molar-refractivity contribution in [3.8, 4) is 0 Å². The molecule has 22 heavy (non-hydrogen) atoms. The van der Waals surface area contributed by atoms with Crippen LogP contribution in [0.4, 0.5) is 5.69 Å². The van der Waals surface area contributed by atoms with Crippen LogP contribution in [-0.4, -0.2) is 22.8 Å². The third kappa shape index (κ3) is 1.95. The van der Waals surface area contributed by atoms with Crippen LogP contribution in [-0.2, 0) is 14.3 Å². The van der Waals surface area contributed by atoms with Gasteiger partial charge in [0.05, 0.1) is 16.7 Å². The number of carbonyl (C=O) groups is 2. The SMILES string of the molecule is Cc1ccc(NC(=O)C2C3CC4C(OC(=O)C42)C3Br)cc1Cl. The second kappa shape index (κ2) is 4.96. The van der Waals surface area contributed by atoms with Gasteiger partial charge in [-0.1, -0.05) is 33.6 Å². The number of hydrogen-bond donors (Lipinski definition) is 1. The van der Waals surface area contributed by atoms with Crippen molar-refractivity contribution in [2.45, 2.75) is 24.3 Å². The average Bonchev–Trinajstić information content (AvgIpc) is 3.07. The Balaban J connectivity index is 1.58. The van der Waals surface area contributed by atoms with Crippen LogP contribution in [0.1, 0.15) is 12.0 Å². The third-order valence-electron chi connectivity index (χ3n) is 5.27. The van der Waals surface area contributed by atoms with Crippen molar-refractivity contribution in [3.63, 3.8) is 0 Å². The molecule has 0 aromatic heterocycles. The van der Waals surface area contributed by atoms with Gasteiger partial charge in [0.2, 0.25) is 5.91 Å². The Kier molecular flexibility index (Phi) is 3.28. The summed E-state index contributed by atoms with van der Waals surface area (Å²) < 4.78 is 5.43. The molecular formula is C16H15BrClNO3. The number of aryl methyl sites for hydroxylation is 1. The van der Waals surface area contributed by atoms with Crippen LogP contribution in [0.25, 0.3) is 0 Å². The molecule has 1 amide bonds. The van der Waals surface area contributed by atoms with E-state index < -0.39 is 0 Å². The molecule has 1 aliphatic heterocycles. The number of alkyl halides is 1. The lowest BCUT2D eigenvalue weighted by Crippen LogP contribution is -2.40. The fraction of sp³-hybridized carbons (Fsp3) is 0.500. The van der Waals surface area contributed by atoms with Crippen molar-refractivity contribution < 1.29 is 14.3 Å². The zero-order valence-corrected chi connectivity index (χ0v) is 14.2. The van der Waals surface area contributed by atoms with Crippen molar-refractivity contribution >= 4 is 45.1 Å². The van der Waals surface area contributed by atoms with E-state index in [9.17, 15) is 9.59 Å². The molecule has 2 bridgehead atoms. The van der Waals surface area contributed by atoms with Crippen molar-refractivity contribution in [3.05, 3.63) is 28.8 Å². The van der Waals surface area contributed by atoms with Crippen molar-refractivity contribution in [2.24, 2.45) is 23.7 Å². The number of anilines is 1. The summed E-state index contributed by atoms with van der Waals surface area (Å²) in [4.78, 5) is 24.8. The van der Waals surface area contributed by atoms with Crippen LogP contribution in [0.3, 0.4) is 0 Å². The first-order valence-corrected chi connectivity index (χ1v) is 8.68. The van der Waals surface area contributed by atoms with Gasteiger partial charge < -0.3 is 10.1 Å². The van der Waals surface area contributed by atoms with Gasteiger partial charge in [-0.25, -0.2) is 0 Å². The summed E-state index contributed by atoms with van der Waals surface area (Å²) in [6.07, 6.45) is 0.823. The van der Waals surface area contributed by atoms with E-state index in [0.717, 1.165) is 12.0 Å². The molecule has 2 aliphatic carbocycles. The second-order valence-electron chi connectivity index (χ2n) is 6.41. The van der Waals surface area contributed by atoms with Crippen LogP contribution < -0.4 is 5.32 Å². The van der Waals surface area contributed by atoms with Gasteiger partial charge in [-0.3, -0.25) is 9.59 Å². The standard InChI is InChI=1S/C16H15BrClNO3/c1-6-2-3-7(4-10(6)18)19-15(20)11-8-5-9-12(11)16(21)22-14(9)13(8)17/h2-4,8-9,11-14H,5H2,1H3,(H,19,20). The Labute approximate surface area is 141 Å². The van der Waals surface area contributed by atoms with E-state index in [1.54, 1.807) is 6.07 Å².